The minimum Gasteiger partial charge on any atom is -0.327 e. The van der Waals surface area contributed by atoms with Crippen LogP contribution in [-0.2, 0) is 14.2 Å². The minimum absolute atomic E-state index is 0.0810. The maximum Gasteiger partial charge on any atom is 0.282 e. The highest BCUT2D eigenvalue weighted by Gasteiger charge is 2.49. The number of alkyl halides is 1. The van der Waals surface area contributed by atoms with Crippen LogP contribution in [0.2, 0.25) is 0 Å². The summed E-state index contributed by atoms with van der Waals surface area (Å²) in [7, 11) is 0. The van der Waals surface area contributed by atoms with Crippen molar-refractivity contribution in [2.75, 3.05) is 25.2 Å². The lowest BCUT2D eigenvalue weighted by Crippen LogP contribution is -2.58. The zero-order chi connectivity index (χ0) is 10.8. The summed E-state index contributed by atoms with van der Waals surface area (Å²) in [4.78, 5) is 0. The highest BCUT2D eigenvalue weighted by molar-refractivity contribution is 9.09. The summed E-state index contributed by atoms with van der Waals surface area (Å²) < 4.78 is 17.1. The van der Waals surface area contributed by atoms with E-state index in [1.54, 1.807) is 0 Å². The molecule has 15 heavy (non-hydrogen) atoms. The van der Waals surface area contributed by atoms with Crippen LogP contribution in [0, 0.1) is 5.41 Å². The quantitative estimate of drug-likeness (QED) is 0.572. The third kappa shape index (κ3) is 2.73. The summed E-state index contributed by atoms with van der Waals surface area (Å²) in [6.45, 7) is 4.45. The van der Waals surface area contributed by atoms with Crippen LogP contribution in [0.15, 0.2) is 0 Å². The van der Waals surface area contributed by atoms with Crippen molar-refractivity contribution in [1.82, 2.24) is 0 Å². The molecule has 0 aromatic heterocycles. The molecular weight excluding hydrogens is 260 g/mol. The van der Waals surface area contributed by atoms with Crippen LogP contribution in [0.25, 0.3) is 0 Å². The number of hydrogen-bond donors (Lipinski definition) is 0. The molecule has 0 spiro atoms. The van der Waals surface area contributed by atoms with Crippen LogP contribution < -0.4 is 0 Å². The fraction of sp³-hybridized carbons (Fsp3) is 1.00. The van der Waals surface area contributed by atoms with Crippen LogP contribution in [0.5, 0.6) is 0 Å². The van der Waals surface area contributed by atoms with Gasteiger partial charge in [0.15, 0.2) is 0 Å². The van der Waals surface area contributed by atoms with E-state index in [0.717, 1.165) is 38.0 Å². The van der Waals surface area contributed by atoms with Crippen molar-refractivity contribution in [3.8, 4) is 0 Å². The Balaban J connectivity index is 1.77. The van der Waals surface area contributed by atoms with Crippen LogP contribution >= 0.6 is 15.9 Å². The summed E-state index contributed by atoms with van der Waals surface area (Å²) >= 11 is 3.43. The van der Waals surface area contributed by atoms with Crippen LogP contribution in [0.3, 0.4) is 0 Å². The monoisotopic (exact) mass is 278 g/mol. The van der Waals surface area contributed by atoms with Gasteiger partial charge in [-0.05, 0) is 12.8 Å². The molecule has 3 aliphatic rings. The fourth-order valence-corrected chi connectivity index (χ4v) is 2.33. The molecule has 4 heteroatoms. The molecule has 0 N–H and O–H groups in total. The standard InChI is InChI=1S/C11H19BrO3/c1-10-7-13-11(14-8-10,15-9-10)5-3-2-4-6-12/h2-9H2,1H3. The zero-order valence-corrected chi connectivity index (χ0v) is 10.8. The van der Waals surface area contributed by atoms with E-state index in [2.05, 4.69) is 22.9 Å². The maximum atomic E-state index is 5.69. The Bertz CT molecular complexity index is 195. The van der Waals surface area contributed by atoms with E-state index in [9.17, 15) is 0 Å². The molecule has 3 rings (SSSR count). The van der Waals surface area contributed by atoms with Crippen molar-refractivity contribution in [3.05, 3.63) is 0 Å². The molecule has 0 radical (unpaired) electrons. The van der Waals surface area contributed by atoms with Gasteiger partial charge in [-0.15, -0.1) is 0 Å². The summed E-state index contributed by atoms with van der Waals surface area (Å²) in [5.41, 5.74) is 0.0810. The number of fused-ring (bicyclic) bond motifs is 3. The van der Waals surface area contributed by atoms with Crippen molar-refractivity contribution in [2.45, 2.75) is 38.6 Å². The van der Waals surface area contributed by atoms with Crippen molar-refractivity contribution in [3.63, 3.8) is 0 Å². The molecule has 0 aliphatic carbocycles. The van der Waals surface area contributed by atoms with Gasteiger partial charge in [0.05, 0.1) is 19.8 Å². The topological polar surface area (TPSA) is 27.7 Å². The van der Waals surface area contributed by atoms with Crippen LogP contribution in [-0.4, -0.2) is 31.1 Å². The van der Waals surface area contributed by atoms with Gasteiger partial charge in [0.1, 0.15) is 0 Å². The van der Waals surface area contributed by atoms with Crippen molar-refractivity contribution in [1.29, 1.82) is 0 Å². The lowest BCUT2D eigenvalue weighted by Gasteiger charge is -2.50. The first-order valence-electron chi connectivity index (χ1n) is 5.66. The normalized spacial score (nSPS) is 39.6. The van der Waals surface area contributed by atoms with Gasteiger partial charge in [-0.1, -0.05) is 29.3 Å². The number of unbranched alkanes of at least 4 members (excludes halogenated alkanes) is 2. The summed E-state index contributed by atoms with van der Waals surface area (Å²) in [6.07, 6.45) is 4.35. The van der Waals surface area contributed by atoms with Crippen molar-refractivity contribution in [2.24, 2.45) is 5.41 Å². The van der Waals surface area contributed by atoms with Gasteiger partial charge in [-0.2, -0.15) is 0 Å². The Kier molecular flexibility index (Phi) is 3.71. The third-order valence-corrected chi connectivity index (χ3v) is 3.60. The first kappa shape index (κ1) is 11.8. The molecule has 3 saturated heterocycles. The highest BCUT2D eigenvalue weighted by atomic mass is 79.9. The van der Waals surface area contributed by atoms with Gasteiger partial charge in [-0.25, -0.2) is 0 Å². The summed E-state index contributed by atoms with van der Waals surface area (Å²) in [5.74, 6) is -0.704. The SMILES string of the molecule is CC12COC(CCCCCBr)(OC1)OC2. The molecule has 3 nitrogen and oxygen atoms in total. The minimum atomic E-state index is -0.704. The van der Waals surface area contributed by atoms with Gasteiger partial charge < -0.3 is 14.2 Å². The molecule has 88 valence electrons. The lowest BCUT2D eigenvalue weighted by molar-refractivity contribution is -0.467. The molecule has 0 unspecified atom stereocenters. The van der Waals surface area contributed by atoms with E-state index in [0.29, 0.717) is 0 Å². The van der Waals surface area contributed by atoms with Gasteiger partial charge in [0.25, 0.3) is 5.97 Å². The average Bonchev–Trinajstić information content (AvgIpc) is 2.27. The van der Waals surface area contributed by atoms with Gasteiger partial charge in [-0.3, -0.25) is 0 Å². The van der Waals surface area contributed by atoms with E-state index in [1.807, 2.05) is 0 Å². The molecular formula is C11H19BrO3. The van der Waals surface area contributed by atoms with Gasteiger partial charge >= 0.3 is 0 Å². The average molecular weight is 279 g/mol. The molecule has 0 aromatic rings. The zero-order valence-electron chi connectivity index (χ0n) is 9.26. The molecule has 0 saturated carbocycles. The van der Waals surface area contributed by atoms with E-state index < -0.39 is 5.97 Å². The van der Waals surface area contributed by atoms with Crippen LogP contribution in [0.4, 0.5) is 0 Å². The van der Waals surface area contributed by atoms with E-state index in [1.165, 1.54) is 12.8 Å². The highest BCUT2D eigenvalue weighted by Crippen LogP contribution is 2.40. The third-order valence-electron chi connectivity index (χ3n) is 3.04. The smallest absolute Gasteiger partial charge is 0.282 e. The predicted octanol–water partition coefficient (Wildman–Crippen LogP) is 2.68. The second-order valence-corrected chi connectivity index (χ2v) is 5.65. The number of ether oxygens (including phenoxy) is 3. The molecule has 3 aliphatic heterocycles. The Morgan fingerprint density at radius 2 is 1.60 bits per heavy atom. The lowest BCUT2D eigenvalue weighted by atomic mass is 9.91. The van der Waals surface area contributed by atoms with E-state index >= 15 is 0 Å². The largest absolute Gasteiger partial charge is 0.327 e. The molecule has 0 amide bonds. The number of hydrogen-bond acceptors (Lipinski definition) is 3. The second-order valence-electron chi connectivity index (χ2n) is 4.86. The van der Waals surface area contributed by atoms with E-state index in [-0.39, 0.29) is 5.41 Å². The molecule has 0 atom stereocenters. The van der Waals surface area contributed by atoms with Crippen LogP contribution in [0.1, 0.15) is 32.6 Å². The first-order valence-corrected chi connectivity index (χ1v) is 6.78. The molecule has 3 heterocycles. The first-order chi connectivity index (χ1) is 7.18. The maximum absolute atomic E-state index is 5.69. The van der Waals surface area contributed by atoms with Gasteiger partial charge in [0, 0.05) is 17.2 Å². The second kappa shape index (κ2) is 4.70. The van der Waals surface area contributed by atoms with Gasteiger partial charge in [0.2, 0.25) is 0 Å². The molecule has 0 aromatic carbocycles. The molecule has 2 bridgehead atoms. The van der Waals surface area contributed by atoms with E-state index in [4.69, 9.17) is 14.2 Å². The Hall–Kier alpha value is 0.360. The Morgan fingerprint density at radius 1 is 1.00 bits per heavy atom. The summed E-state index contributed by atoms with van der Waals surface area (Å²) in [6, 6.07) is 0. The van der Waals surface area contributed by atoms with Crippen molar-refractivity contribution < 1.29 is 14.2 Å². The fourth-order valence-electron chi connectivity index (χ4n) is 1.93. The predicted molar refractivity (Wildman–Crippen MR) is 61.0 cm³/mol. The number of halogens is 1. The molecule has 3 fully saturated rings. The van der Waals surface area contributed by atoms with Crippen molar-refractivity contribution >= 4 is 15.9 Å². The Morgan fingerprint density at radius 3 is 2.13 bits per heavy atom. The number of rotatable bonds is 5. The summed E-state index contributed by atoms with van der Waals surface area (Å²) in [5, 5.41) is 1.07. The Labute approximate surface area is 99.6 Å².